The Morgan fingerprint density at radius 3 is 2.63 bits per heavy atom. The monoisotopic (exact) mass is 396 g/mol. The van der Waals surface area contributed by atoms with Gasteiger partial charge in [-0.25, -0.2) is 19.6 Å². The number of aryl methyl sites for hydroxylation is 1. The fourth-order valence-corrected chi connectivity index (χ4v) is 3.37. The maximum absolute atomic E-state index is 12.2. The fraction of sp³-hybridized carbons (Fsp3) is 0.556. The third-order valence-electron chi connectivity index (χ3n) is 4.25. The molecule has 2 rings (SSSR count). The first-order valence-electron chi connectivity index (χ1n) is 8.69. The Bertz CT molecular complexity index is 779. The minimum Gasteiger partial charge on any atom is -0.477 e. The van der Waals surface area contributed by atoms with Crippen molar-refractivity contribution in [1.82, 2.24) is 9.88 Å². The molecule has 2 atom stereocenters. The van der Waals surface area contributed by atoms with E-state index >= 15 is 0 Å². The molecule has 0 saturated heterocycles. The lowest BCUT2D eigenvalue weighted by Gasteiger charge is -2.27. The molecule has 0 bridgehead atoms. The van der Waals surface area contributed by atoms with Crippen LogP contribution in [0.2, 0.25) is 0 Å². The zero-order chi connectivity index (χ0) is 20.4. The number of amidine groups is 1. The first-order valence-corrected chi connectivity index (χ1v) is 9.07. The largest absolute Gasteiger partial charge is 0.477 e. The quantitative estimate of drug-likeness (QED) is 0.455. The van der Waals surface area contributed by atoms with Crippen LogP contribution in [0.25, 0.3) is 0 Å². The molecule has 0 aromatic carbocycles. The highest BCUT2D eigenvalue weighted by Gasteiger charge is 2.35. The summed E-state index contributed by atoms with van der Waals surface area (Å²) < 4.78 is 6.94. The third-order valence-corrected chi connectivity index (χ3v) is 4.46. The van der Waals surface area contributed by atoms with E-state index < -0.39 is 17.7 Å². The van der Waals surface area contributed by atoms with E-state index in [1.807, 2.05) is 0 Å². The Morgan fingerprint density at radius 2 is 2.07 bits per heavy atom. The van der Waals surface area contributed by atoms with Gasteiger partial charge in [0.25, 0.3) is 0 Å². The van der Waals surface area contributed by atoms with E-state index in [9.17, 15) is 14.7 Å². The summed E-state index contributed by atoms with van der Waals surface area (Å²) in [6.07, 6.45) is 1.70. The average molecular weight is 397 g/mol. The second-order valence-electron chi connectivity index (χ2n) is 7.50. The molecule has 1 amide bonds. The van der Waals surface area contributed by atoms with Gasteiger partial charge in [-0.05, 0) is 76.9 Å². The predicted octanol–water partition coefficient (Wildman–Crippen LogP) is 4.04. The molecule has 2 N–H and O–H groups in total. The first kappa shape index (κ1) is 21.0. The Labute approximate surface area is 163 Å². The molecule has 1 saturated carbocycles. The van der Waals surface area contributed by atoms with Crippen molar-refractivity contribution in [2.24, 2.45) is 9.98 Å². The van der Waals surface area contributed by atoms with Crippen LogP contribution < -0.4 is 5.32 Å². The summed E-state index contributed by atoms with van der Waals surface area (Å²) in [4.78, 5) is 31.7. The van der Waals surface area contributed by atoms with Crippen molar-refractivity contribution >= 4 is 41.5 Å². The van der Waals surface area contributed by atoms with E-state index in [1.54, 1.807) is 32.3 Å². The second-order valence-corrected chi connectivity index (χ2v) is 7.84. The Hall–Kier alpha value is -2.35. The summed E-state index contributed by atoms with van der Waals surface area (Å²) in [5.41, 5.74) is 0.118. The van der Waals surface area contributed by atoms with Crippen LogP contribution in [0.5, 0.6) is 0 Å². The normalized spacial score (nSPS) is 20.4. The van der Waals surface area contributed by atoms with Gasteiger partial charge in [0, 0.05) is 0 Å². The lowest BCUT2D eigenvalue weighted by atomic mass is 10.1. The number of carboxylic acids is 1. The number of nitrogens with zero attached hydrogens (tertiary/aromatic N) is 3. The van der Waals surface area contributed by atoms with Gasteiger partial charge in [-0.15, -0.1) is 0 Å². The van der Waals surface area contributed by atoms with E-state index in [2.05, 4.69) is 22.0 Å². The highest BCUT2D eigenvalue weighted by atomic mass is 35.5. The van der Waals surface area contributed by atoms with Crippen LogP contribution in [0.4, 0.5) is 10.6 Å². The highest BCUT2D eigenvalue weighted by Crippen LogP contribution is 2.38. The first-order chi connectivity index (χ1) is 12.5. The minimum absolute atomic E-state index is 0.0796. The van der Waals surface area contributed by atoms with Crippen molar-refractivity contribution in [2.75, 3.05) is 0 Å². The lowest BCUT2D eigenvalue weighted by Crippen LogP contribution is -2.41. The van der Waals surface area contributed by atoms with Gasteiger partial charge in [0.1, 0.15) is 17.1 Å². The van der Waals surface area contributed by atoms with Gasteiger partial charge < -0.3 is 19.7 Å². The maximum atomic E-state index is 12.2. The van der Waals surface area contributed by atoms with Crippen LogP contribution >= 0.6 is 11.6 Å². The van der Waals surface area contributed by atoms with Crippen molar-refractivity contribution < 1.29 is 19.4 Å². The van der Waals surface area contributed by atoms with Gasteiger partial charge >= 0.3 is 12.1 Å². The van der Waals surface area contributed by atoms with Crippen LogP contribution in [0.15, 0.2) is 16.1 Å². The zero-order valence-electron chi connectivity index (χ0n) is 16.0. The number of amides is 1. The van der Waals surface area contributed by atoms with Gasteiger partial charge in [0.15, 0.2) is 0 Å². The predicted molar refractivity (Wildman–Crippen MR) is 105 cm³/mol. The van der Waals surface area contributed by atoms with Crippen molar-refractivity contribution in [3.05, 3.63) is 17.3 Å². The molecule has 1 aromatic heterocycles. The molecular weight excluding hydrogens is 372 g/mol. The SMILES string of the molecule is C=N/C(Cl)=N\c1c(C)cc(C(=O)O)n1[C@H]1CCC[C@@H]1NC(=O)OC(C)(C)C. The Morgan fingerprint density at radius 1 is 1.41 bits per heavy atom. The number of nitrogens with one attached hydrogen (secondary N) is 1. The summed E-state index contributed by atoms with van der Waals surface area (Å²) in [5.74, 6) is -0.683. The molecule has 148 valence electrons. The van der Waals surface area contributed by atoms with Crippen LogP contribution in [-0.2, 0) is 4.74 Å². The van der Waals surface area contributed by atoms with Gasteiger partial charge in [0.05, 0.1) is 12.1 Å². The maximum Gasteiger partial charge on any atom is 0.407 e. The number of carbonyl (C=O) groups is 2. The van der Waals surface area contributed by atoms with E-state index in [-0.39, 0.29) is 23.1 Å². The molecule has 0 unspecified atom stereocenters. The molecule has 9 heteroatoms. The minimum atomic E-state index is -1.08. The number of carboxylic acid groups (broad SMARTS) is 1. The van der Waals surface area contributed by atoms with E-state index in [4.69, 9.17) is 16.3 Å². The molecule has 1 aliphatic carbocycles. The van der Waals surface area contributed by atoms with Gasteiger partial charge in [0.2, 0.25) is 5.29 Å². The van der Waals surface area contributed by atoms with Crippen LogP contribution in [0.1, 0.15) is 62.1 Å². The molecule has 0 aliphatic heterocycles. The third kappa shape index (κ3) is 5.09. The molecule has 8 nitrogen and oxygen atoms in total. The number of hydrogen-bond donors (Lipinski definition) is 2. The Kier molecular flexibility index (Phi) is 6.30. The number of carbonyl (C=O) groups excluding carboxylic acids is 1. The van der Waals surface area contributed by atoms with Gasteiger partial charge in [-0.3, -0.25) is 0 Å². The number of alkyl carbamates (subject to hydrolysis) is 1. The number of ether oxygens (including phenoxy) is 1. The van der Waals surface area contributed by atoms with Gasteiger partial charge in [-0.1, -0.05) is 0 Å². The zero-order valence-corrected chi connectivity index (χ0v) is 16.7. The molecular formula is C18H25ClN4O4. The van der Waals surface area contributed by atoms with Crippen LogP contribution in [0.3, 0.4) is 0 Å². The number of aliphatic imine (C=N–C) groups is 2. The van der Waals surface area contributed by atoms with E-state index in [0.29, 0.717) is 24.2 Å². The summed E-state index contributed by atoms with van der Waals surface area (Å²) >= 11 is 5.90. The summed E-state index contributed by atoms with van der Waals surface area (Å²) in [7, 11) is 0. The number of aromatic nitrogens is 1. The summed E-state index contributed by atoms with van der Waals surface area (Å²) in [6, 6.07) is 0.969. The Balaban J connectivity index is 2.41. The van der Waals surface area contributed by atoms with E-state index in [0.717, 1.165) is 6.42 Å². The standard InChI is InChI=1S/C18H25ClN4O4/c1-10-9-13(15(24)25)23(14(10)22-16(19)20-5)12-8-6-7-11(12)21-17(26)27-18(2,3)4/h9,11-12H,5-8H2,1-4H3,(H,21,26)(H,24,25)/b22-16-/t11-,12-/m0/s1. The smallest absolute Gasteiger partial charge is 0.407 e. The number of rotatable bonds is 4. The summed E-state index contributed by atoms with van der Waals surface area (Å²) in [6.45, 7) is 10.4. The highest BCUT2D eigenvalue weighted by molar-refractivity contribution is 6.65. The molecule has 1 fully saturated rings. The number of hydrogen-bond acceptors (Lipinski definition) is 4. The molecule has 27 heavy (non-hydrogen) atoms. The van der Waals surface area contributed by atoms with Crippen molar-refractivity contribution in [1.29, 1.82) is 0 Å². The average Bonchev–Trinajstić information content (AvgIpc) is 3.10. The van der Waals surface area contributed by atoms with Crippen LogP contribution in [-0.4, -0.2) is 45.4 Å². The molecule has 1 heterocycles. The second kappa shape index (κ2) is 8.12. The van der Waals surface area contributed by atoms with Crippen molar-refractivity contribution in [3.8, 4) is 0 Å². The summed E-state index contributed by atoms with van der Waals surface area (Å²) in [5, 5.41) is 12.4. The number of halogens is 1. The van der Waals surface area contributed by atoms with Crippen LogP contribution in [0, 0.1) is 6.92 Å². The lowest BCUT2D eigenvalue weighted by molar-refractivity contribution is 0.0494. The molecule has 1 aliphatic rings. The van der Waals surface area contributed by atoms with Crippen molar-refractivity contribution in [3.63, 3.8) is 0 Å². The van der Waals surface area contributed by atoms with Crippen molar-refractivity contribution in [2.45, 2.75) is 64.6 Å². The molecule has 1 aromatic rings. The fourth-order valence-electron chi connectivity index (χ4n) is 3.29. The molecule has 0 spiro atoms. The van der Waals surface area contributed by atoms with E-state index in [1.165, 1.54) is 6.07 Å². The molecule has 0 radical (unpaired) electrons. The number of aromatic carboxylic acids is 1. The topological polar surface area (TPSA) is 105 Å². The van der Waals surface area contributed by atoms with Gasteiger partial charge in [-0.2, -0.15) is 0 Å².